The molecular formula is C20H21N7O3. The van der Waals surface area contributed by atoms with Crippen LogP contribution in [0.15, 0.2) is 42.5 Å². The van der Waals surface area contributed by atoms with Crippen LogP contribution in [-0.4, -0.2) is 48.2 Å². The summed E-state index contributed by atoms with van der Waals surface area (Å²) in [6, 6.07) is 12.0. The van der Waals surface area contributed by atoms with Gasteiger partial charge in [0.25, 0.3) is 5.91 Å². The minimum Gasteiger partial charge on any atom is -0.378 e. The highest BCUT2D eigenvalue weighted by Crippen LogP contribution is 2.25. The Labute approximate surface area is 172 Å². The number of nitrogens with two attached hydrogens (primary N) is 2. The van der Waals surface area contributed by atoms with E-state index in [0.29, 0.717) is 29.9 Å². The second-order valence-corrected chi connectivity index (χ2v) is 6.75. The number of urea groups is 1. The number of carbonyl (C=O) groups excluding carboxylic acids is 2. The maximum atomic E-state index is 12.0. The smallest absolute Gasteiger partial charge is 0.316 e. The van der Waals surface area contributed by atoms with Gasteiger partial charge in [-0.2, -0.15) is 0 Å². The molecule has 0 aliphatic carbocycles. The van der Waals surface area contributed by atoms with Crippen LogP contribution in [0.3, 0.4) is 0 Å². The van der Waals surface area contributed by atoms with Gasteiger partial charge >= 0.3 is 6.03 Å². The number of carbonyl (C=O) groups is 2. The summed E-state index contributed by atoms with van der Waals surface area (Å²) in [7, 11) is 0. The van der Waals surface area contributed by atoms with E-state index < -0.39 is 11.9 Å². The summed E-state index contributed by atoms with van der Waals surface area (Å²) in [6.45, 7) is 3.12. The molecule has 1 aliphatic rings. The molecule has 3 aromatic rings. The highest BCUT2D eigenvalue weighted by Gasteiger charge is 2.16. The summed E-state index contributed by atoms with van der Waals surface area (Å²) < 4.78 is 5.38. The van der Waals surface area contributed by atoms with Gasteiger partial charge in [-0.05, 0) is 42.5 Å². The first-order valence-corrected chi connectivity index (χ1v) is 9.37. The van der Waals surface area contributed by atoms with Gasteiger partial charge in [0.05, 0.1) is 24.2 Å². The van der Waals surface area contributed by atoms with Crippen molar-refractivity contribution in [1.82, 2.24) is 9.97 Å². The lowest BCUT2D eigenvalue weighted by Crippen LogP contribution is -2.36. The number of fused-ring (bicyclic) bond motifs is 1. The predicted octanol–water partition coefficient (Wildman–Crippen LogP) is 1.80. The summed E-state index contributed by atoms with van der Waals surface area (Å²) in [5, 5.41) is 5.58. The van der Waals surface area contributed by atoms with Gasteiger partial charge < -0.3 is 31.7 Å². The molecule has 10 heteroatoms. The van der Waals surface area contributed by atoms with Crippen molar-refractivity contribution in [3.05, 3.63) is 48.2 Å². The number of benzene rings is 2. The fourth-order valence-electron chi connectivity index (χ4n) is 3.25. The summed E-state index contributed by atoms with van der Waals surface area (Å²) in [5.41, 5.74) is 13.9. The molecule has 0 spiro atoms. The number of primary amides is 2. The highest BCUT2D eigenvalue weighted by atomic mass is 16.5. The van der Waals surface area contributed by atoms with Crippen LogP contribution in [-0.2, 0) is 4.74 Å². The van der Waals surface area contributed by atoms with Gasteiger partial charge in [0.1, 0.15) is 0 Å². The number of rotatable bonds is 5. The Balaban J connectivity index is 1.61. The van der Waals surface area contributed by atoms with Crippen LogP contribution in [0.1, 0.15) is 10.5 Å². The standard InChI is InChI=1S/C20H21N7O3/c21-18(28)17-19(26-15-6-3-13(24-20(22)29)11-16(15)25-17)23-12-1-4-14(5-2-12)27-7-9-30-10-8-27/h1-6,11H,7-10H2,(H2,21,28)(H,23,26)(H3,22,24,29). The fourth-order valence-corrected chi connectivity index (χ4v) is 3.25. The lowest BCUT2D eigenvalue weighted by Gasteiger charge is -2.28. The normalized spacial score (nSPS) is 13.8. The molecule has 1 saturated heterocycles. The van der Waals surface area contributed by atoms with Crippen LogP contribution in [0.4, 0.5) is 27.7 Å². The van der Waals surface area contributed by atoms with Gasteiger partial charge in [-0.1, -0.05) is 0 Å². The molecule has 0 atom stereocenters. The van der Waals surface area contributed by atoms with Crippen molar-refractivity contribution in [2.24, 2.45) is 11.5 Å². The van der Waals surface area contributed by atoms with Gasteiger partial charge in [-0.3, -0.25) is 4.79 Å². The number of aromatic nitrogens is 2. The molecule has 3 amide bonds. The summed E-state index contributed by atoms with van der Waals surface area (Å²) in [6.07, 6.45) is 0. The molecular weight excluding hydrogens is 386 g/mol. The van der Waals surface area contributed by atoms with Gasteiger partial charge in [0.2, 0.25) is 0 Å². The molecule has 4 rings (SSSR count). The topological polar surface area (TPSA) is 148 Å². The van der Waals surface area contributed by atoms with Crippen molar-refractivity contribution in [1.29, 1.82) is 0 Å². The maximum Gasteiger partial charge on any atom is 0.316 e. The number of nitrogens with one attached hydrogen (secondary N) is 2. The van der Waals surface area contributed by atoms with E-state index in [-0.39, 0.29) is 11.5 Å². The van der Waals surface area contributed by atoms with Crippen LogP contribution < -0.4 is 27.0 Å². The zero-order valence-corrected chi connectivity index (χ0v) is 16.1. The van der Waals surface area contributed by atoms with Crippen LogP contribution in [0.25, 0.3) is 11.0 Å². The van der Waals surface area contributed by atoms with E-state index in [4.69, 9.17) is 16.2 Å². The van der Waals surface area contributed by atoms with E-state index in [1.807, 2.05) is 24.3 Å². The zero-order valence-electron chi connectivity index (χ0n) is 16.1. The molecule has 0 bridgehead atoms. The Bertz CT molecular complexity index is 1100. The lowest BCUT2D eigenvalue weighted by atomic mass is 10.2. The van der Waals surface area contributed by atoms with Crippen LogP contribution >= 0.6 is 0 Å². The number of nitrogens with zero attached hydrogens (tertiary/aromatic N) is 3. The van der Waals surface area contributed by atoms with E-state index >= 15 is 0 Å². The summed E-state index contributed by atoms with van der Waals surface area (Å²) in [5.74, 6) is -0.463. The number of anilines is 4. The Morgan fingerprint density at radius 3 is 2.30 bits per heavy atom. The third-order valence-electron chi connectivity index (χ3n) is 4.67. The van der Waals surface area contributed by atoms with Crippen molar-refractivity contribution in [2.45, 2.75) is 0 Å². The highest BCUT2D eigenvalue weighted by molar-refractivity contribution is 5.99. The second kappa shape index (κ2) is 8.21. The second-order valence-electron chi connectivity index (χ2n) is 6.75. The Hall–Kier alpha value is -3.92. The molecule has 10 nitrogen and oxygen atoms in total. The summed E-state index contributed by atoms with van der Waals surface area (Å²) in [4.78, 5) is 34.0. The molecule has 1 fully saturated rings. The summed E-state index contributed by atoms with van der Waals surface area (Å²) >= 11 is 0. The lowest BCUT2D eigenvalue weighted by molar-refractivity contribution is 0.0996. The average molecular weight is 407 g/mol. The van der Waals surface area contributed by atoms with Gasteiger partial charge in [-0.25, -0.2) is 14.8 Å². The minimum atomic E-state index is -0.717. The largest absolute Gasteiger partial charge is 0.378 e. The quantitative estimate of drug-likeness (QED) is 0.504. The van der Waals surface area contributed by atoms with Crippen LogP contribution in [0, 0.1) is 0 Å². The third-order valence-corrected chi connectivity index (χ3v) is 4.67. The average Bonchev–Trinajstić information content (AvgIpc) is 2.74. The Morgan fingerprint density at radius 1 is 0.933 bits per heavy atom. The molecule has 1 aromatic heterocycles. The van der Waals surface area contributed by atoms with Crippen molar-refractivity contribution >= 4 is 45.9 Å². The first-order chi connectivity index (χ1) is 14.5. The van der Waals surface area contributed by atoms with E-state index in [9.17, 15) is 9.59 Å². The Morgan fingerprint density at radius 2 is 1.63 bits per heavy atom. The molecule has 0 saturated carbocycles. The number of morpholine rings is 1. The maximum absolute atomic E-state index is 12.0. The van der Waals surface area contributed by atoms with Crippen molar-refractivity contribution in [3.8, 4) is 0 Å². The van der Waals surface area contributed by atoms with E-state index in [1.54, 1.807) is 18.2 Å². The van der Waals surface area contributed by atoms with Gasteiger partial charge in [-0.15, -0.1) is 0 Å². The first kappa shape index (κ1) is 19.4. The first-order valence-electron chi connectivity index (χ1n) is 9.37. The monoisotopic (exact) mass is 407 g/mol. The zero-order chi connectivity index (χ0) is 21.1. The molecule has 2 heterocycles. The van der Waals surface area contributed by atoms with Crippen molar-refractivity contribution in [2.75, 3.05) is 41.8 Å². The van der Waals surface area contributed by atoms with Crippen LogP contribution in [0.5, 0.6) is 0 Å². The van der Waals surface area contributed by atoms with E-state index in [0.717, 1.165) is 24.5 Å². The predicted molar refractivity (Wildman–Crippen MR) is 114 cm³/mol. The molecule has 0 unspecified atom stereocenters. The number of hydrogen-bond donors (Lipinski definition) is 4. The number of ether oxygens (including phenoxy) is 1. The fraction of sp³-hybridized carbons (Fsp3) is 0.200. The number of amides is 3. The van der Waals surface area contributed by atoms with Crippen LogP contribution in [0.2, 0.25) is 0 Å². The molecule has 2 aromatic carbocycles. The molecule has 30 heavy (non-hydrogen) atoms. The SMILES string of the molecule is NC(=O)Nc1ccc2nc(Nc3ccc(N4CCOCC4)cc3)c(C(N)=O)nc2c1. The van der Waals surface area contributed by atoms with Crippen molar-refractivity contribution < 1.29 is 14.3 Å². The molecule has 0 radical (unpaired) electrons. The van der Waals surface area contributed by atoms with Crippen molar-refractivity contribution in [3.63, 3.8) is 0 Å². The van der Waals surface area contributed by atoms with Gasteiger partial charge in [0, 0.05) is 30.2 Å². The van der Waals surface area contributed by atoms with E-state index in [2.05, 4.69) is 25.5 Å². The van der Waals surface area contributed by atoms with E-state index in [1.165, 1.54) is 0 Å². The Kier molecular flexibility index (Phi) is 5.31. The number of hydrogen-bond acceptors (Lipinski definition) is 7. The van der Waals surface area contributed by atoms with Gasteiger partial charge in [0.15, 0.2) is 11.5 Å². The molecule has 6 N–H and O–H groups in total. The molecule has 1 aliphatic heterocycles. The third kappa shape index (κ3) is 4.23. The molecule has 154 valence electrons. The minimum absolute atomic E-state index is 0.00372.